The molecule has 1 atom stereocenters. The highest BCUT2D eigenvalue weighted by atomic mass is 32.2. The van der Waals surface area contributed by atoms with Gasteiger partial charge in [-0.1, -0.05) is 42.5 Å². The third-order valence-corrected chi connectivity index (χ3v) is 9.24. The van der Waals surface area contributed by atoms with E-state index in [0.717, 1.165) is 36.5 Å². The van der Waals surface area contributed by atoms with Crippen LogP contribution in [0.15, 0.2) is 83.8 Å². The van der Waals surface area contributed by atoms with Gasteiger partial charge in [0.1, 0.15) is 6.04 Å². The van der Waals surface area contributed by atoms with Crippen molar-refractivity contribution in [3.05, 3.63) is 95.6 Å². The molecule has 2 aliphatic rings. The van der Waals surface area contributed by atoms with Crippen molar-refractivity contribution >= 4 is 33.4 Å². The van der Waals surface area contributed by atoms with Crippen molar-refractivity contribution in [2.24, 2.45) is 0 Å². The lowest BCUT2D eigenvalue weighted by Gasteiger charge is -2.34. The molecule has 0 bridgehead atoms. The van der Waals surface area contributed by atoms with E-state index in [1.807, 2.05) is 6.07 Å². The van der Waals surface area contributed by atoms with Gasteiger partial charge in [-0.05, 0) is 73.6 Å². The van der Waals surface area contributed by atoms with Crippen molar-refractivity contribution < 1.29 is 28.0 Å². The van der Waals surface area contributed by atoms with Crippen LogP contribution in [0.1, 0.15) is 57.9 Å². The Bertz CT molecular complexity index is 1490. The number of anilines is 1. The van der Waals surface area contributed by atoms with Gasteiger partial charge in [-0.25, -0.2) is 13.9 Å². The number of hydrogen-bond donors (Lipinski definition) is 3. The van der Waals surface area contributed by atoms with Crippen molar-refractivity contribution in [1.82, 2.24) is 15.1 Å². The second kappa shape index (κ2) is 12.2. The monoisotopic (exact) mass is 576 g/mol. The number of benzene rings is 3. The van der Waals surface area contributed by atoms with Crippen LogP contribution in [0, 0.1) is 0 Å². The quantitative estimate of drug-likeness (QED) is 0.191. The first kappa shape index (κ1) is 28.5. The fourth-order valence-electron chi connectivity index (χ4n) is 5.50. The van der Waals surface area contributed by atoms with Gasteiger partial charge >= 0.3 is 0 Å². The van der Waals surface area contributed by atoms with Gasteiger partial charge in [-0.15, -0.1) is 0 Å². The lowest BCUT2D eigenvalue weighted by Crippen LogP contribution is -2.46. The van der Waals surface area contributed by atoms with Crippen molar-refractivity contribution in [2.75, 3.05) is 24.5 Å². The number of carbonyl (C=O) groups excluding carboxylic acids is 3. The third kappa shape index (κ3) is 6.17. The number of piperidine rings is 1. The second-order valence-electron chi connectivity index (χ2n) is 10.3. The maximum Gasteiger partial charge on any atom is 0.261 e. The first-order chi connectivity index (χ1) is 19.8. The van der Waals surface area contributed by atoms with E-state index in [-0.39, 0.29) is 24.3 Å². The second-order valence-corrected chi connectivity index (χ2v) is 12.0. The molecule has 41 heavy (non-hydrogen) atoms. The Morgan fingerprint density at radius 1 is 0.878 bits per heavy atom. The van der Waals surface area contributed by atoms with Gasteiger partial charge < -0.3 is 4.90 Å². The molecular weight excluding hydrogens is 544 g/mol. The molecule has 2 heterocycles. The van der Waals surface area contributed by atoms with Crippen LogP contribution in [0.25, 0.3) is 0 Å². The van der Waals surface area contributed by atoms with Crippen LogP contribution in [0.3, 0.4) is 0 Å². The molecule has 3 N–H and O–H groups in total. The fraction of sp³-hybridized carbons (Fsp3) is 0.300. The van der Waals surface area contributed by atoms with Gasteiger partial charge in [0, 0.05) is 25.3 Å². The van der Waals surface area contributed by atoms with E-state index >= 15 is 0 Å². The largest absolute Gasteiger partial charge is 0.371 e. The van der Waals surface area contributed by atoms with Gasteiger partial charge in [0.25, 0.3) is 17.7 Å². The maximum atomic E-state index is 13.1. The number of sulfonamides is 1. The first-order valence-electron chi connectivity index (χ1n) is 13.6. The average molecular weight is 577 g/mol. The molecule has 10 nitrogen and oxygen atoms in total. The number of amides is 3. The number of imide groups is 1. The molecule has 3 aromatic rings. The Hall–Kier alpha value is -4.06. The lowest BCUT2D eigenvalue weighted by atomic mass is 9.89. The van der Waals surface area contributed by atoms with Gasteiger partial charge in [0.15, 0.2) is 0 Å². The molecule has 3 aromatic carbocycles. The number of fused-ring (bicyclic) bond motifs is 1. The minimum Gasteiger partial charge on any atom is -0.371 e. The summed E-state index contributed by atoms with van der Waals surface area (Å²) in [7, 11) is -4.11. The van der Waals surface area contributed by atoms with E-state index in [0.29, 0.717) is 17.0 Å². The van der Waals surface area contributed by atoms with Crippen molar-refractivity contribution in [2.45, 2.75) is 42.5 Å². The Morgan fingerprint density at radius 2 is 1.46 bits per heavy atom. The first-order valence-corrected chi connectivity index (χ1v) is 15.1. The third-order valence-electron chi connectivity index (χ3n) is 7.75. The highest BCUT2D eigenvalue weighted by Crippen LogP contribution is 2.31. The number of rotatable bonds is 10. The molecule has 11 heteroatoms. The number of hydrogen-bond acceptors (Lipinski definition) is 7. The van der Waals surface area contributed by atoms with E-state index < -0.39 is 33.8 Å². The van der Waals surface area contributed by atoms with E-state index in [1.165, 1.54) is 23.2 Å². The highest BCUT2D eigenvalue weighted by molar-refractivity contribution is 7.89. The van der Waals surface area contributed by atoms with Crippen LogP contribution in [0.5, 0.6) is 0 Å². The average Bonchev–Trinajstić information content (AvgIpc) is 3.25. The van der Waals surface area contributed by atoms with Gasteiger partial charge in [0.2, 0.25) is 10.0 Å². The van der Waals surface area contributed by atoms with Crippen molar-refractivity contribution in [3.63, 3.8) is 0 Å². The zero-order valence-electron chi connectivity index (χ0n) is 22.4. The SMILES string of the molecule is O=C(NO)C(CCCN1C(=O)c2ccccc2C1=O)NS(=O)(=O)c1ccc(N2CCC(c3ccccc3)CC2)cc1. The van der Waals surface area contributed by atoms with Crippen LogP contribution < -0.4 is 15.1 Å². The molecule has 5 rings (SSSR count). The van der Waals surface area contributed by atoms with E-state index in [4.69, 9.17) is 0 Å². The van der Waals surface area contributed by atoms with E-state index in [9.17, 15) is 28.0 Å². The molecule has 1 unspecified atom stereocenters. The number of nitrogens with one attached hydrogen (secondary N) is 2. The number of nitrogens with zero attached hydrogens (tertiary/aromatic N) is 2. The molecule has 1 saturated heterocycles. The smallest absolute Gasteiger partial charge is 0.261 e. The zero-order chi connectivity index (χ0) is 29.0. The van der Waals surface area contributed by atoms with Crippen LogP contribution in [0.4, 0.5) is 5.69 Å². The van der Waals surface area contributed by atoms with Crippen molar-refractivity contribution in [3.8, 4) is 0 Å². The predicted octanol–water partition coefficient (Wildman–Crippen LogP) is 3.30. The minimum absolute atomic E-state index is 0.00105. The molecular formula is C30H32N4O6S. The molecule has 3 amide bonds. The van der Waals surface area contributed by atoms with E-state index in [2.05, 4.69) is 33.9 Å². The summed E-state index contributed by atoms with van der Waals surface area (Å²) < 4.78 is 28.6. The Morgan fingerprint density at radius 3 is 2.05 bits per heavy atom. The molecule has 2 aliphatic heterocycles. The summed E-state index contributed by atoms with van der Waals surface area (Å²) in [6.07, 6.45) is 2.10. The van der Waals surface area contributed by atoms with Crippen LogP contribution >= 0.6 is 0 Å². The Kier molecular flexibility index (Phi) is 8.48. The van der Waals surface area contributed by atoms with Gasteiger partial charge in [0.05, 0.1) is 16.0 Å². The van der Waals surface area contributed by atoms with Crippen LogP contribution in [-0.2, 0) is 14.8 Å². The highest BCUT2D eigenvalue weighted by Gasteiger charge is 2.35. The molecule has 0 aromatic heterocycles. The summed E-state index contributed by atoms with van der Waals surface area (Å²) in [6, 6.07) is 22.1. The summed E-state index contributed by atoms with van der Waals surface area (Å²) in [5.41, 5.74) is 4.38. The van der Waals surface area contributed by atoms with Gasteiger partial charge in [-0.2, -0.15) is 4.72 Å². The summed E-state index contributed by atoms with van der Waals surface area (Å²) in [5, 5.41) is 9.20. The zero-order valence-corrected chi connectivity index (χ0v) is 23.2. The molecule has 0 spiro atoms. The molecule has 0 radical (unpaired) electrons. The summed E-state index contributed by atoms with van der Waals surface area (Å²) in [5.74, 6) is -1.30. The van der Waals surface area contributed by atoms with Crippen LogP contribution in [0.2, 0.25) is 0 Å². The fourth-order valence-corrected chi connectivity index (χ4v) is 6.73. The van der Waals surface area contributed by atoms with Gasteiger partial charge in [-0.3, -0.25) is 24.5 Å². The summed E-state index contributed by atoms with van der Waals surface area (Å²) in [4.78, 5) is 40.8. The van der Waals surface area contributed by atoms with Crippen molar-refractivity contribution in [1.29, 1.82) is 0 Å². The lowest BCUT2D eigenvalue weighted by molar-refractivity contribution is -0.131. The van der Waals surface area contributed by atoms with E-state index in [1.54, 1.807) is 36.4 Å². The Labute approximate surface area is 239 Å². The molecule has 214 valence electrons. The minimum atomic E-state index is -4.11. The molecule has 0 aliphatic carbocycles. The normalized spacial score (nSPS) is 16.5. The maximum absolute atomic E-state index is 13.1. The number of hydroxylamine groups is 1. The number of carbonyl (C=O) groups is 3. The molecule has 0 saturated carbocycles. The Balaban J connectivity index is 1.18. The topological polar surface area (TPSA) is 136 Å². The summed E-state index contributed by atoms with van der Waals surface area (Å²) >= 11 is 0. The summed E-state index contributed by atoms with van der Waals surface area (Å²) in [6.45, 7) is 1.71. The molecule has 1 fully saturated rings. The predicted molar refractivity (Wildman–Crippen MR) is 152 cm³/mol. The standard InChI is InChI=1S/C30H32N4O6S/c35-28(31-38)27(11-6-18-34-29(36)25-9-4-5-10-26(25)30(34)37)32-41(39,40)24-14-12-23(13-15-24)33-19-16-22(17-20-33)21-7-2-1-3-8-21/h1-5,7-10,12-15,22,27,32,38H,6,11,16-20H2,(H,31,35). The van der Waals surface area contributed by atoms with Crippen LogP contribution in [-0.4, -0.2) is 61.9 Å².